The number of carbonyl (C=O) groups is 1. The van der Waals surface area contributed by atoms with Gasteiger partial charge in [0, 0.05) is 18.7 Å². The molecule has 0 saturated carbocycles. The van der Waals surface area contributed by atoms with E-state index < -0.39 is 0 Å². The molecule has 0 spiro atoms. The summed E-state index contributed by atoms with van der Waals surface area (Å²) in [5, 5.41) is 8.15. The van der Waals surface area contributed by atoms with Gasteiger partial charge in [-0.2, -0.15) is 11.3 Å². The second-order valence-corrected chi connectivity index (χ2v) is 6.00. The molecule has 1 aliphatic rings. The highest BCUT2D eigenvalue weighted by atomic mass is 35.5. The fourth-order valence-corrected chi connectivity index (χ4v) is 3.37. The van der Waals surface area contributed by atoms with Gasteiger partial charge in [-0.3, -0.25) is 4.79 Å². The first-order valence-corrected chi connectivity index (χ1v) is 7.18. The van der Waals surface area contributed by atoms with Crippen molar-refractivity contribution < 1.29 is 4.79 Å². The summed E-state index contributed by atoms with van der Waals surface area (Å²) in [6.45, 7) is 3.56. The highest BCUT2D eigenvalue weighted by Crippen LogP contribution is 2.27. The molecule has 1 aliphatic heterocycles. The number of nitrogens with one attached hydrogen (secondary N) is 1. The van der Waals surface area contributed by atoms with E-state index in [0.29, 0.717) is 5.25 Å². The Kier molecular flexibility index (Phi) is 6.27. The van der Waals surface area contributed by atoms with Gasteiger partial charge in [0.1, 0.15) is 0 Å². The third kappa shape index (κ3) is 4.47. The van der Waals surface area contributed by atoms with E-state index >= 15 is 0 Å². The van der Waals surface area contributed by atoms with Crippen molar-refractivity contribution in [2.75, 3.05) is 13.1 Å². The van der Waals surface area contributed by atoms with Crippen LogP contribution >= 0.6 is 35.5 Å². The van der Waals surface area contributed by atoms with Gasteiger partial charge in [-0.25, -0.2) is 0 Å². The summed E-state index contributed by atoms with van der Waals surface area (Å²) in [5.41, 5.74) is 2.59. The molecule has 0 aromatic carbocycles. The molecule has 0 bridgehead atoms. The minimum atomic E-state index is 0. The fourth-order valence-electron chi connectivity index (χ4n) is 1.82. The lowest BCUT2D eigenvalue weighted by Gasteiger charge is -2.24. The standard InChI is InChI=1S/C12H15NOS2.ClH/c1-9(14)16-12-2-4-13-7-11(12)6-10-3-5-15-8-10;/h3,5-6,8,12-13H,2,4,7H2,1H3;1H. The number of thiophene rings is 1. The van der Waals surface area contributed by atoms with Crippen molar-refractivity contribution >= 4 is 46.7 Å². The van der Waals surface area contributed by atoms with Crippen LogP contribution in [0.1, 0.15) is 18.9 Å². The SMILES string of the molecule is CC(=O)SC1CCNCC1=Cc1ccsc1.Cl. The summed E-state index contributed by atoms with van der Waals surface area (Å²) >= 11 is 3.17. The van der Waals surface area contributed by atoms with Crippen LogP contribution in [0.4, 0.5) is 0 Å². The summed E-state index contributed by atoms with van der Waals surface area (Å²) in [6.07, 6.45) is 3.25. The minimum absolute atomic E-state index is 0. The molecular formula is C12H16ClNOS2. The molecule has 0 radical (unpaired) electrons. The number of piperidine rings is 1. The Hall–Kier alpha value is -0.290. The maximum absolute atomic E-state index is 11.2. The van der Waals surface area contributed by atoms with E-state index in [4.69, 9.17) is 0 Å². The van der Waals surface area contributed by atoms with E-state index in [-0.39, 0.29) is 17.5 Å². The molecule has 2 heterocycles. The van der Waals surface area contributed by atoms with Crippen LogP contribution in [0.5, 0.6) is 0 Å². The Balaban J connectivity index is 0.00000144. The zero-order chi connectivity index (χ0) is 11.4. The maximum Gasteiger partial charge on any atom is 0.186 e. The van der Waals surface area contributed by atoms with Crippen LogP contribution < -0.4 is 5.32 Å². The number of thioether (sulfide) groups is 1. The van der Waals surface area contributed by atoms with E-state index in [2.05, 4.69) is 28.2 Å². The van der Waals surface area contributed by atoms with Gasteiger partial charge < -0.3 is 5.32 Å². The van der Waals surface area contributed by atoms with Gasteiger partial charge in [0.2, 0.25) is 0 Å². The number of carbonyl (C=O) groups excluding carboxylic acids is 1. The van der Waals surface area contributed by atoms with Crippen LogP contribution in [0.3, 0.4) is 0 Å². The van der Waals surface area contributed by atoms with Crippen molar-refractivity contribution in [3.63, 3.8) is 0 Å². The van der Waals surface area contributed by atoms with Crippen LogP contribution in [-0.4, -0.2) is 23.5 Å². The van der Waals surface area contributed by atoms with Crippen LogP contribution in [0.15, 0.2) is 22.4 Å². The molecule has 0 amide bonds. The average Bonchev–Trinajstić information content (AvgIpc) is 2.73. The van der Waals surface area contributed by atoms with Crippen molar-refractivity contribution in [3.05, 3.63) is 28.0 Å². The Bertz CT molecular complexity index is 389. The first-order valence-electron chi connectivity index (χ1n) is 5.36. The normalized spacial score (nSPS) is 22.2. The average molecular weight is 290 g/mol. The van der Waals surface area contributed by atoms with Gasteiger partial charge in [-0.1, -0.05) is 17.8 Å². The summed E-state index contributed by atoms with van der Waals surface area (Å²) in [6, 6.07) is 2.11. The fraction of sp³-hybridized carbons (Fsp3) is 0.417. The second-order valence-electron chi connectivity index (χ2n) is 3.84. The van der Waals surface area contributed by atoms with E-state index in [1.165, 1.54) is 22.9 Å². The van der Waals surface area contributed by atoms with Crippen molar-refractivity contribution in [1.82, 2.24) is 5.32 Å². The zero-order valence-electron chi connectivity index (χ0n) is 9.64. The topological polar surface area (TPSA) is 29.1 Å². The van der Waals surface area contributed by atoms with Crippen molar-refractivity contribution in [1.29, 1.82) is 0 Å². The molecular weight excluding hydrogens is 274 g/mol. The third-order valence-corrected chi connectivity index (χ3v) is 4.39. The maximum atomic E-state index is 11.2. The lowest BCUT2D eigenvalue weighted by atomic mass is 10.0. The van der Waals surface area contributed by atoms with Gasteiger partial charge in [-0.05, 0) is 40.9 Å². The van der Waals surface area contributed by atoms with Crippen LogP contribution in [0, 0.1) is 0 Å². The molecule has 1 saturated heterocycles. The molecule has 0 aliphatic carbocycles. The monoisotopic (exact) mass is 289 g/mol. The Labute approximate surface area is 116 Å². The van der Waals surface area contributed by atoms with E-state index in [1.807, 2.05) is 0 Å². The van der Waals surface area contributed by atoms with E-state index in [1.54, 1.807) is 18.3 Å². The molecule has 94 valence electrons. The summed E-state index contributed by atoms with van der Waals surface area (Å²) in [7, 11) is 0. The summed E-state index contributed by atoms with van der Waals surface area (Å²) in [4.78, 5) is 11.2. The van der Waals surface area contributed by atoms with Gasteiger partial charge in [0.25, 0.3) is 0 Å². The molecule has 2 rings (SSSR count). The molecule has 1 N–H and O–H groups in total. The second kappa shape index (κ2) is 7.21. The number of halogens is 1. The van der Waals surface area contributed by atoms with Crippen LogP contribution in [-0.2, 0) is 4.79 Å². The summed E-state index contributed by atoms with van der Waals surface area (Å²) in [5.74, 6) is 0. The molecule has 1 atom stereocenters. The summed E-state index contributed by atoms with van der Waals surface area (Å²) < 4.78 is 0. The highest BCUT2D eigenvalue weighted by Gasteiger charge is 2.20. The molecule has 1 aromatic heterocycles. The number of hydrogen-bond donors (Lipinski definition) is 1. The van der Waals surface area contributed by atoms with E-state index in [0.717, 1.165) is 19.5 Å². The smallest absolute Gasteiger partial charge is 0.186 e. The predicted molar refractivity (Wildman–Crippen MR) is 79.1 cm³/mol. The lowest BCUT2D eigenvalue weighted by molar-refractivity contribution is -0.109. The Morgan fingerprint density at radius 1 is 1.65 bits per heavy atom. The van der Waals surface area contributed by atoms with Crippen molar-refractivity contribution in [2.45, 2.75) is 18.6 Å². The Morgan fingerprint density at radius 2 is 2.47 bits per heavy atom. The zero-order valence-corrected chi connectivity index (χ0v) is 12.1. The van der Waals surface area contributed by atoms with Crippen molar-refractivity contribution in [2.24, 2.45) is 0 Å². The third-order valence-electron chi connectivity index (χ3n) is 2.53. The van der Waals surface area contributed by atoms with Crippen molar-refractivity contribution in [3.8, 4) is 0 Å². The molecule has 1 aromatic rings. The molecule has 1 unspecified atom stereocenters. The minimum Gasteiger partial charge on any atom is -0.313 e. The number of hydrogen-bond acceptors (Lipinski definition) is 4. The molecule has 17 heavy (non-hydrogen) atoms. The van der Waals surface area contributed by atoms with Gasteiger partial charge in [-0.15, -0.1) is 12.4 Å². The quantitative estimate of drug-likeness (QED) is 0.906. The largest absolute Gasteiger partial charge is 0.313 e. The van der Waals surface area contributed by atoms with Gasteiger partial charge in [0.05, 0.1) is 0 Å². The van der Waals surface area contributed by atoms with Crippen LogP contribution in [0.2, 0.25) is 0 Å². The lowest BCUT2D eigenvalue weighted by Crippen LogP contribution is -2.32. The van der Waals surface area contributed by atoms with Gasteiger partial charge in [0.15, 0.2) is 5.12 Å². The highest BCUT2D eigenvalue weighted by molar-refractivity contribution is 8.14. The molecule has 2 nitrogen and oxygen atoms in total. The van der Waals surface area contributed by atoms with E-state index in [9.17, 15) is 4.79 Å². The number of rotatable bonds is 2. The Morgan fingerprint density at radius 3 is 3.12 bits per heavy atom. The predicted octanol–water partition coefficient (Wildman–Crippen LogP) is 3.19. The first kappa shape index (κ1) is 14.8. The molecule has 5 heteroatoms. The van der Waals surface area contributed by atoms with Crippen LogP contribution in [0.25, 0.3) is 6.08 Å². The van der Waals surface area contributed by atoms with Gasteiger partial charge >= 0.3 is 0 Å². The first-order chi connectivity index (χ1) is 7.75. The molecule has 1 fully saturated rings.